The zero-order valence-corrected chi connectivity index (χ0v) is 14.4. The number of hydrogen-bond acceptors (Lipinski definition) is 3. The first kappa shape index (κ1) is 17.6. The molecule has 0 aromatic heterocycles. The van der Waals surface area contributed by atoms with Gasteiger partial charge in [-0.2, -0.15) is 5.26 Å². The Balaban J connectivity index is 1.83. The normalized spacial score (nSPS) is 10.1. The van der Waals surface area contributed by atoms with Gasteiger partial charge in [-0.3, -0.25) is 4.79 Å². The van der Waals surface area contributed by atoms with Gasteiger partial charge in [-0.15, -0.1) is 0 Å². The Morgan fingerprint density at radius 1 is 1.17 bits per heavy atom. The van der Waals surface area contributed by atoms with Crippen molar-refractivity contribution in [2.24, 2.45) is 0 Å². The van der Waals surface area contributed by atoms with E-state index < -0.39 is 0 Å². The number of carbonyl (C=O) groups excluding carboxylic acids is 1. The van der Waals surface area contributed by atoms with E-state index in [1.807, 2.05) is 44.2 Å². The van der Waals surface area contributed by atoms with Crippen LogP contribution in [0.15, 0.2) is 42.5 Å². The summed E-state index contributed by atoms with van der Waals surface area (Å²) in [5.41, 5.74) is 3.83. The number of rotatable bonds is 6. The van der Waals surface area contributed by atoms with Crippen molar-refractivity contribution in [3.8, 4) is 11.8 Å². The lowest BCUT2D eigenvalue weighted by atomic mass is 10.1. The van der Waals surface area contributed by atoms with E-state index in [2.05, 4.69) is 6.07 Å². The third kappa shape index (κ3) is 4.85. The second-order valence-corrected chi connectivity index (χ2v) is 5.93. The molecule has 0 unspecified atom stereocenters. The molecule has 1 amide bonds. The molecule has 124 valence electrons. The highest BCUT2D eigenvalue weighted by Crippen LogP contribution is 2.19. The van der Waals surface area contributed by atoms with Crippen LogP contribution in [-0.2, 0) is 11.3 Å². The van der Waals surface area contributed by atoms with E-state index in [0.29, 0.717) is 25.1 Å². The molecular formula is C20H22N2O2. The molecule has 0 aliphatic heterocycles. The maximum Gasteiger partial charge on any atom is 0.226 e. The Hall–Kier alpha value is -2.80. The molecule has 2 aromatic carbocycles. The molecule has 2 aromatic rings. The van der Waals surface area contributed by atoms with Gasteiger partial charge < -0.3 is 9.64 Å². The molecule has 0 atom stereocenters. The summed E-state index contributed by atoms with van der Waals surface area (Å²) in [6.45, 7) is 4.89. The lowest BCUT2D eigenvalue weighted by molar-refractivity contribution is -0.130. The molecule has 0 heterocycles. The van der Waals surface area contributed by atoms with Crippen molar-refractivity contribution >= 4 is 5.91 Å². The van der Waals surface area contributed by atoms with Crippen LogP contribution in [0.4, 0.5) is 0 Å². The maximum absolute atomic E-state index is 12.2. The van der Waals surface area contributed by atoms with Crippen LogP contribution in [0.25, 0.3) is 0 Å². The summed E-state index contributed by atoms with van der Waals surface area (Å²) in [5, 5.41) is 8.80. The second-order valence-electron chi connectivity index (χ2n) is 5.93. The monoisotopic (exact) mass is 322 g/mol. The smallest absolute Gasteiger partial charge is 0.226 e. The topological polar surface area (TPSA) is 53.3 Å². The minimum absolute atomic E-state index is 0.0321. The summed E-state index contributed by atoms with van der Waals surface area (Å²) in [4.78, 5) is 13.9. The number of amides is 1. The SMILES string of the molecule is Cc1ccc(C)c(OCCC(=O)N(C)Cc2ccc(C#N)cc2)c1. The fourth-order valence-electron chi connectivity index (χ4n) is 2.35. The van der Waals surface area contributed by atoms with Gasteiger partial charge in [-0.1, -0.05) is 24.3 Å². The summed E-state index contributed by atoms with van der Waals surface area (Å²) in [6, 6.07) is 15.4. The van der Waals surface area contributed by atoms with Crippen molar-refractivity contribution in [3.63, 3.8) is 0 Å². The van der Waals surface area contributed by atoms with Crippen LogP contribution in [0.1, 0.15) is 28.7 Å². The van der Waals surface area contributed by atoms with Crippen molar-refractivity contribution in [1.29, 1.82) is 5.26 Å². The van der Waals surface area contributed by atoms with Gasteiger partial charge in [0.05, 0.1) is 24.7 Å². The van der Waals surface area contributed by atoms with E-state index in [9.17, 15) is 4.79 Å². The summed E-state index contributed by atoms with van der Waals surface area (Å²) in [7, 11) is 1.78. The van der Waals surface area contributed by atoms with E-state index in [1.165, 1.54) is 0 Å². The number of hydrogen-bond donors (Lipinski definition) is 0. The number of carbonyl (C=O) groups is 1. The lowest BCUT2D eigenvalue weighted by Gasteiger charge is -2.18. The van der Waals surface area contributed by atoms with Crippen LogP contribution in [-0.4, -0.2) is 24.5 Å². The molecule has 24 heavy (non-hydrogen) atoms. The molecule has 0 bridgehead atoms. The van der Waals surface area contributed by atoms with Crippen molar-refractivity contribution in [2.45, 2.75) is 26.8 Å². The van der Waals surface area contributed by atoms with E-state index in [0.717, 1.165) is 22.4 Å². The zero-order valence-electron chi connectivity index (χ0n) is 14.4. The van der Waals surface area contributed by atoms with Crippen LogP contribution in [0.5, 0.6) is 5.75 Å². The average Bonchev–Trinajstić information content (AvgIpc) is 2.58. The Labute approximate surface area is 143 Å². The van der Waals surface area contributed by atoms with Gasteiger partial charge in [0, 0.05) is 13.6 Å². The highest BCUT2D eigenvalue weighted by molar-refractivity contribution is 5.76. The first-order valence-corrected chi connectivity index (χ1v) is 7.92. The standard InChI is InChI=1S/C20H22N2O2/c1-15-4-5-16(2)19(12-15)24-11-10-20(23)22(3)14-18-8-6-17(13-21)7-9-18/h4-9,12H,10-11,14H2,1-3H3. The van der Waals surface area contributed by atoms with Crippen LogP contribution in [0.2, 0.25) is 0 Å². The fraction of sp³-hybridized carbons (Fsp3) is 0.300. The third-order valence-corrected chi connectivity index (χ3v) is 3.85. The Kier molecular flexibility index (Phi) is 5.97. The number of ether oxygens (including phenoxy) is 1. The largest absolute Gasteiger partial charge is 0.493 e. The van der Waals surface area contributed by atoms with Gasteiger partial charge in [0.15, 0.2) is 0 Å². The zero-order chi connectivity index (χ0) is 17.5. The van der Waals surface area contributed by atoms with E-state index >= 15 is 0 Å². The number of nitrogens with zero attached hydrogens (tertiary/aromatic N) is 2. The van der Waals surface area contributed by atoms with Crippen molar-refractivity contribution in [2.75, 3.05) is 13.7 Å². The molecule has 0 spiro atoms. The lowest BCUT2D eigenvalue weighted by Crippen LogP contribution is -2.27. The summed E-state index contributed by atoms with van der Waals surface area (Å²) in [5.74, 6) is 0.863. The fourth-order valence-corrected chi connectivity index (χ4v) is 2.35. The summed E-state index contributed by atoms with van der Waals surface area (Å²) in [6.07, 6.45) is 0.333. The van der Waals surface area contributed by atoms with Gasteiger partial charge in [0.1, 0.15) is 5.75 Å². The van der Waals surface area contributed by atoms with E-state index in [-0.39, 0.29) is 5.91 Å². The summed E-state index contributed by atoms with van der Waals surface area (Å²) >= 11 is 0. The molecule has 4 nitrogen and oxygen atoms in total. The van der Waals surface area contributed by atoms with Gasteiger partial charge in [-0.05, 0) is 48.7 Å². The molecule has 0 saturated carbocycles. The molecule has 0 radical (unpaired) electrons. The van der Waals surface area contributed by atoms with Crippen molar-refractivity contribution < 1.29 is 9.53 Å². The summed E-state index contributed by atoms with van der Waals surface area (Å²) < 4.78 is 5.74. The number of benzene rings is 2. The first-order valence-electron chi connectivity index (χ1n) is 7.92. The average molecular weight is 322 g/mol. The molecule has 0 aliphatic rings. The van der Waals surface area contributed by atoms with Crippen LogP contribution < -0.4 is 4.74 Å². The minimum Gasteiger partial charge on any atom is -0.493 e. The van der Waals surface area contributed by atoms with E-state index in [4.69, 9.17) is 10.00 Å². The van der Waals surface area contributed by atoms with Crippen LogP contribution >= 0.6 is 0 Å². The predicted octanol–water partition coefficient (Wildman–Crippen LogP) is 3.60. The molecule has 0 saturated heterocycles. The quantitative estimate of drug-likeness (QED) is 0.816. The highest BCUT2D eigenvalue weighted by atomic mass is 16.5. The Bertz CT molecular complexity index is 745. The number of aryl methyl sites for hydroxylation is 2. The van der Waals surface area contributed by atoms with Crippen molar-refractivity contribution in [3.05, 3.63) is 64.7 Å². The second kappa shape index (κ2) is 8.16. The Morgan fingerprint density at radius 3 is 2.54 bits per heavy atom. The predicted molar refractivity (Wildman–Crippen MR) is 93.7 cm³/mol. The minimum atomic E-state index is 0.0321. The molecule has 4 heteroatoms. The Morgan fingerprint density at radius 2 is 1.88 bits per heavy atom. The molecule has 0 aliphatic carbocycles. The molecular weight excluding hydrogens is 300 g/mol. The van der Waals surface area contributed by atoms with E-state index in [1.54, 1.807) is 24.1 Å². The van der Waals surface area contributed by atoms with Gasteiger partial charge in [0.25, 0.3) is 0 Å². The van der Waals surface area contributed by atoms with Gasteiger partial charge in [0.2, 0.25) is 5.91 Å². The highest BCUT2D eigenvalue weighted by Gasteiger charge is 2.10. The molecule has 0 fully saturated rings. The van der Waals surface area contributed by atoms with Crippen LogP contribution in [0.3, 0.4) is 0 Å². The molecule has 0 N–H and O–H groups in total. The third-order valence-electron chi connectivity index (χ3n) is 3.85. The van der Waals surface area contributed by atoms with Crippen LogP contribution in [0, 0.1) is 25.2 Å². The number of nitriles is 1. The molecule has 2 rings (SSSR count). The van der Waals surface area contributed by atoms with Crippen molar-refractivity contribution in [1.82, 2.24) is 4.90 Å². The maximum atomic E-state index is 12.2. The first-order chi connectivity index (χ1) is 11.5. The van der Waals surface area contributed by atoms with Gasteiger partial charge in [-0.25, -0.2) is 0 Å². The van der Waals surface area contributed by atoms with Gasteiger partial charge >= 0.3 is 0 Å².